The SMILES string of the molecule is C=C/C(CC(=O)O)=C(C)/C=C(\C=C/CC)c1c(C)cc(C2CCC(OC)CC2)cc1Cl.CC. The number of halogens is 1. The number of carbonyl (C=O) groups is 1. The fraction of sp³-hybridized carbons (Fsp3) is 0.483. The third-order valence-corrected chi connectivity index (χ3v) is 6.38. The molecule has 1 aromatic rings. The van der Waals surface area contributed by atoms with Crippen LogP contribution in [0.4, 0.5) is 0 Å². The second kappa shape index (κ2) is 14.9. The van der Waals surface area contributed by atoms with Gasteiger partial charge in [0.2, 0.25) is 0 Å². The first-order chi connectivity index (χ1) is 15.8. The summed E-state index contributed by atoms with van der Waals surface area (Å²) < 4.78 is 5.51. The van der Waals surface area contributed by atoms with Crippen LogP contribution in [0.1, 0.15) is 88.8 Å². The lowest BCUT2D eigenvalue weighted by Crippen LogP contribution is -2.19. The first-order valence-corrected chi connectivity index (χ1v) is 12.4. The molecule has 1 fully saturated rings. The number of aliphatic carboxylic acids is 1. The van der Waals surface area contributed by atoms with Crippen LogP contribution in [-0.4, -0.2) is 24.3 Å². The summed E-state index contributed by atoms with van der Waals surface area (Å²) >= 11 is 6.84. The summed E-state index contributed by atoms with van der Waals surface area (Å²) in [6.45, 7) is 13.9. The van der Waals surface area contributed by atoms with Crippen molar-refractivity contribution < 1.29 is 14.6 Å². The highest BCUT2D eigenvalue weighted by Crippen LogP contribution is 2.38. The minimum atomic E-state index is -0.866. The molecule has 0 aromatic heterocycles. The second-order valence-electron chi connectivity index (χ2n) is 8.30. The average molecular weight is 473 g/mol. The topological polar surface area (TPSA) is 46.5 Å². The van der Waals surface area contributed by atoms with Crippen molar-refractivity contribution >= 4 is 23.1 Å². The molecule has 0 spiro atoms. The summed E-state index contributed by atoms with van der Waals surface area (Å²) in [5, 5.41) is 9.92. The lowest BCUT2D eigenvalue weighted by Gasteiger charge is -2.28. The Morgan fingerprint density at radius 3 is 2.36 bits per heavy atom. The molecule has 0 saturated heterocycles. The van der Waals surface area contributed by atoms with Gasteiger partial charge >= 0.3 is 5.97 Å². The van der Waals surface area contributed by atoms with Crippen LogP contribution in [0.5, 0.6) is 0 Å². The molecule has 0 radical (unpaired) electrons. The predicted octanol–water partition coefficient (Wildman–Crippen LogP) is 8.67. The molecule has 2 rings (SSSR count). The van der Waals surface area contributed by atoms with E-state index in [1.165, 1.54) is 5.56 Å². The minimum absolute atomic E-state index is 0.0492. The standard InChI is InChI=1S/C27H35ClO3.C2H6/c1-6-8-9-22(14-18(3)20(7-2)17-26(29)30)27-19(4)15-23(16-25(27)28)21-10-12-24(31-5)13-11-21;1-2/h7-9,14-16,21,24H,2,6,10-13,17H2,1,3-5H3,(H,29,30);1-2H3/b9-8-,20-18-,22-14+;. The molecule has 0 amide bonds. The van der Waals surface area contributed by atoms with Gasteiger partial charge in [-0.3, -0.25) is 4.79 Å². The van der Waals surface area contributed by atoms with Gasteiger partial charge in [0.1, 0.15) is 0 Å². The van der Waals surface area contributed by atoms with Crippen LogP contribution in [0.2, 0.25) is 5.02 Å². The Bertz CT molecular complexity index is 861. The minimum Gasteiger partial charge on any atom is -0.481 e. The molecule has 0 heterocycles. The Morgan fingerprint density at radius 2 is 1.88 bits per heavy atom. The van der Waals surface area contributed by atoms with Gasteiger partial charge in [0.15, 0.2) is 0 Å². The van der Waals surface area contributed by atoms with E-state index in [2.05, 4.69) is 44.7 Å². The number of hydrogen-bond acceptors (Lipinski definition) is 2. The number of aryl methyl sites for hydroxylation is 1. The van der Waals surface area contributed by atoms with E-state index in [9.17, 15) is 9.90 Å². The smallest absolute Gasteiger partial charge is 0.307 e. The van der Waals surface area contributed by atoms with Crippen molar-refractivity contribution in [1.82, 2.24) is 0 Å². The first kappa shape index (κ1) is 28.9. The van der Waals surface area contributed by atoms with Crippen molar-refractivity contribution in [3.05, 3.63) is 75.9 Å². The molecular weight excluding hydrogens is 432 g/mol. The lowest BCUT2D eigenvalue weighted by molar-refractivity contribution is -0.136. The molecule has 3 nitrogen and oxygen atoms in total. The summed E-state index contributed by atoms with van der Waals surface area (Å²) in [7, 11) is 1.79. The normalized spacial score (nSPS) is 19.5. The summed E-state index contributed by atoms with van der Waals surface area (Å²) in [5.74, 6) is -0.352. The van der Waals surface area contributed by atoms with E-state index in [4.69, 9.17) is 16.3 Å². The van der Waals surface area contributed by atoms with Crippen LogP contribution in [0, 0.1) is 6.92 Å². The Hall–Kier alpha value is -2.10. The van der Waals surface area contributed by atoms with E-state index in [0.29, 0.717) is 17.6 Å². The monoisotopic (exact) mass is 472 g/mol. The zero-order chi connectivity index (χ0) is 25.0. The van der Waals surface area contributed by atoms with Crippen molar-refractivity contribution in [3.63, 3.8) is 0 Å². The number of methoxy groups -OCH3 is 1. The molecule has 1 aromatic carbocycles. The quantitative estimate of drug-likeness (QED) is 0.365. The number of benzene rings is 1. The van der Waals surface area contributed by atoms with E-state index >= 15 is 0 Å². The van der Waals surface area contributed by atoms with Gasteiger partial charge in [-0.05, 0) is 85.8 Å². The summed E-state index contributed by atoms with van der Waals surface area (Å²) in [5.41, 5.74) is 6.00. The maximum atomic E-state index is 11.2. The predicted molar refractivity (Wildman–Crippen MR) is 142 cm³/mol. The highest BCUT2D eigenvalue weighted by Gasteiger charge is 2.23. The summed E-state index contributed by atoms with van der Waals surface area (Å²) in [6.07, 6.45) is 13.4. The van der Waals surface area contributed by atoms with Crippen molar-refractivity contribution in [2.45, 2.75) is 85.2 Å². The number of allylic oxidation sites excluding steroid dienone is 6. The second-order valence-corrected chi connectivity index (χ2v) is 8.70. The molecule has 0 unspecified atom stereocenters. The van der Waals surface area contributed by atoms with Gasteiger partial charge in [0, 0.05) is 17.7 Å². The first-order valence-electron chi connectivity index (χ1n) is 12.1. The number of carboxylic acid groups (broad SMARTS) is 1. The van der Waals surface area contributed by atoms with E-state index in [-0.39, 0.29) is 6.42 Å². The third-order valence-electron chi connectivity index (χ3n) is 6.08. The molecule has 1 N–H and O–H groups in total. The number of rotatable bonds is 9. The molecule has 33 heavy (non-hydrogen) atoms. The fourth-order valence-electron chi connectivity index (χ4n) is 4.31. The van der Waals surface area contributed by atoms with Gasteiger partial charge in [-0.25, -0.2) is 0 Å². The van der Waals surface area contributed by atoms with Crippen molar-refractivity contribution in [2.24, 2.45) is 0 Å². The number of carboxylic acids is 1. The Kier molecular flexibility index (Phi) is 13.1. The molecular formula is C29H41ClO3. The van der Waals surface area contributed by atoms with Crippen LogP contribution in [-0.2, 0) is 9.53 Å². The molecule has 0 atom stereocenters. The zero-order valence-electron chi connectivity index (χ0n) is 21.2. The molecule has 0 aliphatic heterocycles. The molecule has 182 valence electrons. The van der Waals surface area contributed by atoms with Crippen molar-refractivity contribution in [1.29, 1.82) is 0 Å². The van der Waals surface area contributed by atoms with Gasteiger partial charge in [0.05, 0.1) is 12.5 Å². The molecule has 1 saturated carbocycles. The third kappa shape index (κ3) is 8.64. The summed E-state index contributed by atoms with van der Waals surface area (Å²) in [4.78, 5) is 11.2. The van der Waals surface area contributed by atoms with Gasteiger partial charge < -0.3 is 9.84 Å². The maximum absolute atomic E-state index is 11.2. The Morgan fingerprint density at radius 1 is 1.24 bits per heavy atom. The maximum Gasteiger partial charge on any atom is 0.307 e. The molecule has 1 aliphatic carbocycles. The zero-order valence-corrected chi connectivity index (χ0v) is 22.0. The van der Waals surface area contributed by atoms with Gasteiger partial charge in [0.25, 0.3) is 0 Å². The summed E-state index contributed by atoms with van der Waals surface area (Å²) in [6, 6.07) is 4.37. The van der Waals surface area contributed by atoms with Crippen LogP contribution in [0.15, 0.2) is 54.2 Å². The lowest BCUT2D eigenvalue weighted by atomic mass is 9.81. The van der Waals surface area contributed by atoms with E-state index in [1.54, 1.807) is 13.2 Å². The van der Waals surface area contributed by atoms with Crippen LogP contribution >= 0.6 is 11.6 Å². The fourth-order valence-corrected chi connectivity index (χ4v) is 4.70. The van der Waals surface area contributed by atoms with E-state index in [1.807, 2.05) is 26.8 Å². The highest BCUT2D eigenvalue weighted by atomic mass is 35.5. The van der Waals surface area contributed by atoms with Gasteiger partial charge in [-0.2, -0.15) is 0 Å². The van der Waals surface area contributed by atoms with Crippen molar-refractivity contribution in [3.8, 4) is 0 Å². The molecule has 1 aliphatic rings. The highest BCUT2D eigenvalue weighted by molar-refractivity contribution is 6.32. The Labute approximate surface area is 205 Å². The number of ether oxygens (including phenoxy) is 1. The largest absolute Gasteiger partial charge is 0.481 e. The van der Waals surface area contributed by atoms with E-state index < -0.39 is 5.97 Å². The van der Waals surface area contributed by atoms with Crippen LogP contribution < -0.4 is 0 Å². The molecule has 4 heteroatoms. The van der Waals surface area contributed by atoms with Gasteiger partial charge in [-0.15, -0.1) is 0 Å². The van der Waals surface area contributed by atoms with E-state index in [0.717, 1.165) is 59.4 Å². The number of hydrogen-bond donors (Lipinski definition) is 1. The van der Waals surface area contributed by atoms with Gasteiger partial charge in [-0.1, -0.05) is 69.3 Å². The molecule has 0 bridgehead atoms. The average Bonchev–Trinajstić information content (AvgIpc) is 2.81. The Balaban J connectivity index is 0.00000265. The van der Waals surface area contributed by atoms with Crippen molar-refractivity contribution in [2.75, 3.05) is 7.11 Å². The van der Waals surface area contributed by atoms with Crippen LogP contribution in [0.25, 0.3) is 5.57 Å². The van der Waals surface area contributed by atoms with Crippen LogP contribution in [0.3, 0.4) is 0 Å².